The minimum atomic E-state index is -1.36. The van der Waals surface area contributed by atoms with Gasteiger partial charge in [0, 0.05) is 0 Å². The van der Waals surface area contributed by atoms with Crippen LogP contribution >= 0.6 is 0 Å². The van der Waals surface area contributed by atoms with Crippen molar-refractivity contribution < 1.29 is 29.6 Å². The van der Waals surface area contributed by atoms with Gasteiger partial charge in [-0.3, -0.25) is 10.1 Å². The van der Waals surface area contributed by atoms with Gasteiger partial charge in [-0.05, 0) is 0 Å². The number of hydrogen-bond donors (Lipinski definition) is 5. The highest BCUT2D eigenvalue weighted by Gasteiger charge is 2.47. The molecular weight excluding hydrogens is 234 g/mol. The van der Waals surface area contributed by atoms with Crippen molar-refractivity contribution in [3.05, 3.63) is 0 Å². The Balaban J connectivity index is 2.08. The zero-order chi connectivity index (χ0) is 12.6. The summed E-state index contributed by atoms with van der Waals surface area (Å²) >= 11 is 0. The van der Waals surface area contributed by atoms with E-state index in [-0.39, 0.29) is 6.54 Å². The molecule has 17 heavy (non-hydrogen) atoms. The number of aliphatic hydroxyl groups excluding tert-OH is 3. The lowest BCUT2D eigenvalue weighted by Crippen LogP contribution is -2.64. The zero-order valence-corrected chi connectivity index (χ0v) is 8.74. The van der Waals surface area contributed by atoms with E-state index in [4.69, 9.17) is 9.84 Å². The highest BCUT2D eigenvalue weighted by molar-refractivity contribution is 5.97. The standard InChI is InChI=1S/C8H13N3O6/c12-2-3-5(14)6(15)7(17-3)11-8(16)10-4(13)1-9-11/h3,5-7,9,12,14-15H,1-2H2,(H,10,13,16)/t3-,5-,6-,7-/m1/s1. The monoisotopic (exact) mass is 247 g/mol. The van der Waals surface area contributed by atoms with Crippen LogP contribution in [-0.2, 0) is 9.53 Å². The Morgan fingerprint density at radius 2 is 2.06 bits per heavy atom. The molecule has 0 unspecified atom stereocenters. The summed E-state index contributed by atoms with van der Waals surface area (Å²) in [4.78, 5) is 22.3. The molecular formula is C8H13N3O6. The molecule has 5 N–H and O–H groups in total. The number of nitrogens with zero attached hydrogens (tertiary/aromatic N) is 1. The third kappa shape index (κ3) is 2.10. The summed E-state index contributed by atoms with van der Waals surface area (Å²) in [5.74, 6) is -0.502. The Kier molecular flexibility index (Phi) is 3.26. The van der Waals surface area contributed by atoms with Gasteiger partial charge in [0.25, 0.3) is 0 Å². The van der Waals surface area contributed by atoms with E-state index in [9.17, 15) is 19.8 Å². The van der Waals surface area contributed by atoms with Crippen molar-refractivity contribution in [3.63, 3.8) is 0 Å². The molecule has 0 saturated carbocycles. The first-order valence-corrected chi connectivity index (χ1v) is 5.03. The van der Waals surface area contributed by atoms with Crippen LogP contribution in [0.25, 0.3) is 0 Å². The Labute approximate surface area is 95.9 Å². The van der Waals surface area contributed by atoms with E-state index in [1.54, 1.807) is 0 Å². The van der Waals surface area contributed by atoms with Crippen molar-refractivity contribution in [2.24, 2.45) is 0 Å². The van der Waals surface area contributed by atoms with Crippen LogP contribution in [-0.4, -0.2) is 70.0 Å². The lowest BCUT2D eigenvalue weighted by atomic mass is 10.1. The first-order chi connectivity index (χ1) is 8.04. The average molecular weight is 247 g/mol. The maximum Gasteiger partial charge on any atom is 0.340 e. The van der Waals surface area contributed by atoms with Crippen LogP contribution in [0, 0.1) is 0 Å². The second kappa shape index (κ2) is 4.55. The van der Waals surface area contributed by atoms with E-state index in [2.05, 4.69) is 5.43 Å². The molecule has 2 fully saturated rings. The molecule has 0 aromatic carbocycles. The number of hydrogen-bond acceptors (Lipinski definition) is 7. The topological polar surface area (TPSA) is 131 Å². The van der Waals surface area contributed by atoms with Crippen molar-refractivity contribution in [3.8, 4) is 0 Å². The molecule has 3 amide bonds. The van der Waals surface area contributed by atoms with Crippen LogP contribution in [0.2, 0.25) is 0 Å². The number of nitrogens with one attached hydrogen (secondary N) is 2. The van der Waals surface area contributed by atoms with Crippen LogP contribution in [0.5, 0.6) is 0 Å². The molecule has 96 valence electrons. The summed E-state index contributed by atoms with van der Waals surface area (Å²) in [6.45, 7) is -0.624. The van der Waals surface area contributed by atoms with Gasteiger partial charge in [-0.15, -0.1) is 0 Å². The van der Waals surface area contributed by atoms with Gasteiger partial charge < -0.3 is 20.1 Å². The maximum absolute atomic E-state index is 11.4. The molecule has 0 aliphatic carbocycles. The number of urea groups is 1. The zero-order valence-electron chi connectivity index (χ0n) is 8.74. The Hall–Kier alpha value is -1.26. The number of ether oxygens (including phenoxy) is 1. The lowest BCUT2D eigenvalue weighted by Gasteiger charge is -2.33. The molecule has 0 bridgehead atoms. The van der Waals surface area contributed by atoms with E-state index in [0.717, 1.165) is 5.01 Å². The maximum atomic E-state index is 11.4. The summed E-state index contributed by atoms with van der Waals surface area (Å²) < 4.78 is 5.12. The highest BCUT2D eigenvalue weighted by Crippen LogP contribution is 2.23. The Morgan fingerprint density at radius 3 is 2.59 bits per heavy atom. The highest BCUT2D eigenvalue weighted by atomic mass is 16.6. The number of imide groups is 1. The first-order valence-electron chi connectivity index (χ1n) is 5.03. The fourth-order valence-electron chi connectivity index (χ4n) is 1.75. The van der Waals surface area contributed by atoms with E-state index in [1.807, 2.05) is 5.32 Å². The molecule has 0 radical (unpaired) electrons. The molecule has 9 nitrogen and oxygen atoms in total. The van der Waals surface area contributed by atoms with Crippen LogP contribution in [0.4, 0.5) is 4.79 Å². The van der Waals surface area contributed by atoms with Crippen LogP contribution in [0.15, 0.2) is 0 Å². The van der Waals surface area contributed by atoms with Crippen molar-refractivity contribution in [2.45, 2.75) is 24.5 Å². The molecule has 0 spiro atoms. The molecule has 2 aliphatic rings. The van der Waals surface area contributed by atoms with Crippen LogP contribution in [0.1, 0.15) is 0 Å². The van der Waals surface area contributed by atoms with Crippen LogP contribution in [0.3, 0.4) is 0 Å². The van der Waals surface area contributed by atoms with Gasteiger partial charge in [0.15, 0.2) is 6.23 Å². The Morgan fingerprint density at radius 1 is 1.35 bits per heavy atom. The normalized spacial score (nSPS) is 38.4. The van der Waals surface area contributed by atoms with Crippen LogP contribution < -0.4 is 10.7 Å². The number of hydrazine groups is 1. The molecule has 0 aromatic heterocycles. The van der Waals surface area contributed by atoms with Crippen molar-refractivity contribution >= 4 is 11.9 Å². The number of aliphatic hydroxyl groups is 3. The summed E-state index contributed by atoms with van der Waals surface area (Å²) in [6.07, 6.45) is -4.78. The minimum Gasteiger partial charge on any atom is -0.394 e. The number of amides is 3. The molecule has 0 aromatic rings. The third-order valence-electron chi connectivity index (χ3n) is 2.65. The molecule has 2 aliphatic heterocycles. The van der Waals surface area contributed by atoms with Gasteiger partial charge in [0.05, 0.1) is 13.2 Å². The van der Waals surface area contributed by atoms with Gasteiger partial charge in [0.1, 0.15) is 18.3 Å². The second-order valence-electron chi connectivity index (χ2n) is 3.79. The fraction of sp³-hybridized carbons (Fsp3) is 0.750. The number of rotatable bonds is 2. The van der Waals surface area contributed by atoms with Gasteiger partial charge in [-0.1, -0.05) is 0 Å². The average Bonchev–Trinajstić information content (AvgIpc) is 2.57. The second-order valence-corrected chi connectivity index (χ2v) is 3.79. The molecule has 2 rings (SSSR count). The van der Waals surface area contributed by atoms with Gasteiger partial charge in [-0.25, -0.2) is 15.2 Å². The van der Waals surface area contributed by atoms with Gasteiger partial charge in [0.2, 0.25) is 5.91 Å². The summed E-state index contributed by atoms with van der Waals surface area (Å²) in [6, 6.07) is -0.781. The molecule has 2 heterocycles. The Bertz CT molecular complexity index is 337. The fourth-order valence-corrected chi connectivity index (χ4v) is 1.75. The number of carbonyl (C=O) groups excluding carboxylic acids is 2. The molecule has 4 atom stereocenters. The van der Waals surface area contributed by atoms with E-state index in [1.165, 1.54) is 0 Å². The minimum absolute atomic E-state index is 0.141. The lowest BCUT2D eigenvalue weighted by molar-refractivity contribution is -0.129. The summed E-state index contributed by atoms with van der Waals surface area (Å²) in [5, 5.41) is 31.0. The smallest absolute Gasteiger partial charge is 0.340 e. The number of carbonyl (C=O) groups is 2. The van der Waals surface area contributed by atoms with E-state index >= 15 is 0 Å². The summed E-state index contributed by atoms with van der Waals surface area (Å²) in [7, 11) is 0. The van der Waals surface area contributed by atoms with Crippen molar-refractivity contribution in [1.29, 1.82) is 0 Å². The van der Waals surface area contributed by atoms with E-state index in [0.29, 0.717) is 0 Å². The quantitative estimate of drug-likeness (QED) is 0.342. The van der Waals surface area contributed by atoms with E-state index < -0.39 is 43.1 Å². The summed E-state index contributed by atoms with van der Waals surface area (Å²) in [5.41, 5.74) is 2.45. The van der Waals surface area contributed by atoms with Gasteiger partial charge in [-0.2, -0.15) is 0 Å². The largest absolute Gasteiger partial charge is 0.394 e. The van der Waals surface area contributed by atoms with Gasteiger partial charge >= 0.3 is 6.03 Å². The first kappa shape index (κ1) is 12.2. The third-order valence-corrected chi connectivity index (χ3v) is 2.65. The SMILES string of the molecule is O=C1CNN([C@@H]2O[C@H](CO)[C@@H](O)[C@H]2O)C(=O)N1. The van der Waals surface area contributed by atoms with Crippen molar-refractivity contribution in [2.75, 3.05) is 13.2 Å². The van der Waals surface area contributed by atoms with Crippen molar-refractivity contribution in [1.82, 2.24) is 15.8 Å². The molecule has 2 saturated heterocycles. The predicted molar refractivity (Wildman–Crippen MR) is 51.1 cm³/mol. The predicted octanol–water partition coefficient (Wildman–Crippen LogP) is -3.52. The molecule has 9 heteroatoms.